The topological polar surface area (TPSA) is 168 Å². The van der Waals surface area contributed by atoms with Gasteiger partial charge in [-0.25, -0.2) is 16.8 Å². The molecule has 12 nitrogen and oxygen atoms in total. The van der Waals surface area contributed by atoms with Crippen LogP contribution in [0.1, 0.15) is 0 Å². The molecule has 0 atom stereocenters. The van der Waals surface area contributed by atoms with Crippen LogP contribution in [0.4, 0.5) is 0 Å². The molecule has 180 valence electrons. The second kappa shape index (κ2) is 16.2. The Labute approximate surface area is 208 Å². The van der Waals surface area contributed by atoms with Crippen molar-refractivity contribution in [3.05, 3.63) is 0 Å². The van der Waals surface area contributed by atoms with Crippen LogP contribution in [0.5, 0.6) is 0 Å². The maximum atomic E-state index is 10.4. The van der Waals surface area contributed by atoms with E-state index in [1.807, 2.05) is 9.80 Å². The largest absolute Gasteiger partial charge is 1.00 e. The van der Waals surface area contributed by atoms with Gasteiger partial charge in [-0.05, 0) is 0 Å². The van der Waals surface area contributed by atoms with E-state index in [0.29, 0.717) is 26.2 Å². The Hall–Kier alpha value is 0.580. The third kappa shape index (κ3) is 16.8. The van der Waals surface area contributed by atoms with Crippen molar-refractivity contribution in [1.82, 2.24) is 19.6 Å². The summed E-state index contributed by atoms with van der Waals surface area (Å²) in [4.78, 5) is 8.15. The number of aliphatic hydroxyl groups excluding tert-OH is 2. The van der Waals surface area contributed by atoms with Crippen molar-refractivity contribution in [3.8, 4) is 0 Å². The Bertz CT molecular complexity index is 609. The molecule has 0 unspecified atom stereocenters. The van der Waals surface area contributed by atoms with Crippen LogP contribution in [0, 0.1) is 0 Å². The van der Waals surface area contributed by atoms with Crippen LogP contribution >= 0.6 is 0 Å². The van der Waals surface area contributed by atoms with Crippen molar-refractivity contribution in [2.45, 2.75) is 0 Å². The normalized spacial score (nSPS) is 20.0. The van der Waals surface area contributed by atoms with Gasteiger partial charge in [-0.2, -0.15) is 0 Å². The molecule has 0 spiro atoms. The molecule has 0 radical (unpaired) electrons. The Morgan fingerprint density at radius 3 is 0.968 bits per heavy atom. The standard InChI is InChI=1S/2C8H18N2O4S.Na/c2*11-7-5-9-1-3-10(4-2-9)6-8-15(12,13)14;/h2*11H,1-8H2,(H,12,13,14);/q;;+1/p-2. The Morgan fingerprint density at radius 2 is 0.774 bits per heavy atom. The van der Waals surface area contributed by atoms with Crippen molar-refractivity contribution >= 4 is 20.2 Å². The zero-order valence-corrected chi connectivity index (χ0v) is 21.9. The zero-order chi connectivity index (χ0) is 22.6. The number of aliphatic hydroxyl groups is 2. The molecular weight excluding hydrogens is 463 g/mol. The monoisotopic (exact) mass is 497 g/mol. The van der Waals surface area contributed by atoms with Crippen LogP contribution in [-0.2, 0) is 20.2 Å². The number of nitrogens with zero attached hydrogens (tertiary/aromatic N) is 4. The molecule has 0 amide bonds. The molecule has 0 aromatic heterocycles. The molecule has 0 aromatic rings. The van der Waals surface area contributed by atoms with E-state index >= 15 is 0 Å². The SMILES string of the molecule is O=S(=O)([O-])CCN1CCN(CCO)CC1.O=S(=O)([O-])CCN1CCN(CCO)CC1.[Na+]. The number of hydrogen-bond donors (Lipinski definition) is 2. The number of piperazine rings is 2. The quantitative estimate of drug-likeness (QED) is 0.217. The Balaban J connectivity index is 0.000000562. The van der Waals surface area contributed by atoms with Gasteiger partial charge in [-0.15, -0.1) is 0 Å². The average Bonchev–Trinajstić information content (AvgIpc) is 2.67. The van der Waals surface area contributed by atoms with Crippen molar-refractivity contribution in [1.29, 1.82) is 0 Å². The first-order chi connectivity index (χ1) is 14.0. The van der Waals surface area contributed by atoms with E-state index in [1.165, 1.54) is 0 Å². The van der Waals surface area contributed by atoms with Crippen LogP contribution in [-0.4, -0.2) is 159 Å². The third-order valence-corrected chi connectivity index (χ3v) is 6.44. The van der Waals surface area contributed by atoms with Gasteiger partial charge in [0.15, 0.2) is 0 Å². The van der Waals surface area contributed by atoms with Gasteiger partial charge in [0.1, 0.15) is 0 Å². The van der Waals surface area contributed by atoms with E-state index in [-0.39, 0.29) is 54.3 Å². The van der Waals surface area contributed by atoms with Gasteiger partial charge in [0.25, 0.3) is 0 Å². The molecule has 2 N–H and O–H groups in total. The second-order valence-electron chi connectivity index (χ2n) is 7.34. The molecule has 2 heterocycles. The molecule has 0 saturated carbocycles. The summed E-state index contributed by atoms with van der Waals surface area (Å²) >= 11 is 0. The molecule has 0 aromatic carbocycles. The summed E-state index contributed by atoms with van der Waals surface area (Å²) in [5.74, 6) is -0.625. The number of rotatable bonds is 10. The van der Waals surface area contributed by atoms with Gasteiger partial charge < -0.3 is 19.3 Å². The summed E-state index contributed by atoms with van der Waals surface area (Å²) in [6.45, 7) is 8.57. The van der Waals surface area contributed by atoms with E-state index in [9.17, 15) is 25.9 Å². The number of β-amino-alcohol motifs (C(OH)–C–C–N with tert-alkyl or cyclic N) is 2. The summed E-state index contributed by atoms with van der Waals surface area (Å²) in [5.41, 5.74) is 0. The molecule has 0 bridgehead atoms. The molecule has 31 heavy (non-hydrogen) atoms. The maximum Gasteiger partial charge on any atom is 1.00 e. The fourth-order valence-corrected chi connectivity index (χ4v) is 4.20. The maximum absolute atomic E-state index is 10.4. The van der Waals surface area contributed by atoms with Crippen molar-refractivity contribution in [3.63, 3.8) is 0 Å². The average molecular weight is 498 g/mol. The minimum Gasteiger partial charge on any atom is -0.748 e. The van der Waals surface area contributed by atoms with E-state index in [2.05, 4.69) is 9.80 Å². The Morgan fingerprint density at radius 1 is 0.548 bits per heavy atom. The van der Waals surface area contributed by atoms with E-state index in [1.54, 1.807) is 0 Å². The minimum atomic E-state index is -4.09. The fraction of sp³-hybridized carbons (Fsp3) is 1.00. The predicted octanol–water partition coefficient (Wildman–Crippen LogP) is -6.71. The van der Waals surface area contributed by atoms with Crippen LogP contribution in [0.2, 0.25) is 0 Å². The van der Waals surface area contributed by atoms with E-state index < -0.39 is 20.2 Å². The summed E-state index contributed by atoms with van der Waals surface area (Å²) in [7, 11) is -8.19. The molecule has 0 aliphatic carbocycles. The van der Waals surface area contributed by atoms with Crippen LogP contribution in [0.25, 0.3) is 0 Å². The van der Waals surface area contributed by atoms with Gasteiger partial charge in [-0.3, -0.25) is 19.6 Å². The molecule has 2 rings (SSSR count). The van der Waals surface area contributed by atoms with Crippen molar-refractivity contribution in [2.75, 3.05) is 103 Å². The minimum absolute atomic E-state index is 0. The molecule has 2 saturated heterocycles. The van der Waals surface area contributed by atoms with Gasteiger partial charge >= 0.3 is 29.6 Å². The molecule has 2 aliphatic heterocycles. The van der Waals surface area contributed by atoms with Gasteiger partial charge in [0.05, 0.1) is 45.0 Å². The van der Waals surface area contributed by atoms with Gasteiger partial charge in [0, 0.05) is 78.5 Å². The molecule has 2 fully saturated rings. The smallest absolute Gasteiger partial charge is 0.748 e. The van der Waals surface area contributed by atoms with Crippen LogP contribution in [0.15, 0.2) is 0 Å². The first-order valence-corrected chi connectivity index (χ1v) is 13.2. The first kappa shape index (κ1) is 31.6. The third-order valence-electron chi connectivity index (χ3n) is 5.08. The Kier molecular flexibility index (Phi) is 16.6. The number of hydrogen-bond acceptors (Lipinski definition) is 12. The van der Waals surface area contributed by atoms with Crippen LogP contribution in [0.3, 0.4) is 0 Å². The summed E-state index contributed by atoms with van der Waals surface area (Å²) in [6, 6.07) is 0. The fourth-order valence-electron chi connectivity index (χ4n) is 3.24. The zero-order valence-electron chi connectivity index (χ0n) is 18.3. The molecular formula is C16H34N4NaO8S2-. The summed E-state index contributed by atoms with van der Waals surface area (Å²) in [5, 5.41) is 17.4. The predicted molar refractivity (Wildman–Crippen MR) is 109 cm³/mol. The van der Waals surface area contributed by atoms with E-state index in [4.69, 9.17) is 10.2 Å². The molecule has 15 heteroatoms. The summed E-state index contributed by atoms with van der Waals surface area (Å²) in [6.07, 6.45) is 0. The van der Waals surface area contributed by atoms with Gasteiger partial charge in [-0.1, -0.05) is 0 Å². The summed E-state index contributed by atoms with van der Waals surface area (Å²) < 4.78 is 62.5. The van der Waals surface area contributed by atoms with Crippen molar-refractivity contribution < 1.29 is 65.7 Å². The molecule has 2 aliphatic rings. The second-order valence-corrected chi connectivity index (χ2v) is 10.4. The van der Waals surface area contributed by atoms with Crippen molar-refractivity contribution in [2.24, 2.45) is 0 Å². The van der Waals surface area contributed by atoms with Crippen LogP contribution < -0.4 is 29.6 Å². The first-order valence-electron chi connectivity index (χ1n) is 10.0. The van der Waals surface area contributed by atoms with Gasteiger partial charge in [0.2, 0.25) is 0 Å². The van der Waals surface area contributed by atoms with E-state index in [0.717, 1.165) is 52.4 Å².